The molecule has 5 heteroatoms. The van der Waals surface area contributed by atoms with Crippen molar-refractivity contribution in [3.8, 4) is 0 Å². The van der Waals surface area contributed by atoms with E-state index in [0.29, 0.717) is 6.61 Å². The summed E-state index contributed by atoms with van der Waals surface area (Å²) in [6.45, 7) is 28.3. The summed E-state index contributed by atoms with van der Waals surface area (Å²) in [4.78, 5) is 18.3. The molecule has 5 nitrogen and oxygen atoms in total. The molecule has 0 saturated carbocycles. The molecule has 6 rings (SSSR count). The van der Waals surface area contributed by atoms with Gasteiger partial charge in [0.05, 0.1) is 17.1 Å². The normalized spacial score (nSPS) is 16.0. The summed E-state index contributed by atoms with van der Waals surface area (Å²) in [5.74, 6) is 0.827. The molecule has 6 heterocycles. The third-order valence-corrected chi connectivity index (χ3v) is 8.57. The molecule has 3 aliphatic heterocycles. The first-order valence-corrected chi connectivity index (χ1v) is 15.9. The van der Waals surface area contributed by atoms with E-state index in [1.807, 2.05) is 0 Å². The molecule has 0 unspecified atom stereocenters. The molecule has 3 aromatic heterocycles. The van der Waals surface area contributed by atoms with Crippen LogP contribution in [-0.2, 0) is 15.6 Å². The largest absolute Gasteiger partial charge is 0.487 e. The van der Waals surface area contributed by atoms with E-state index in [-0.39, 0.29) is 21.7 Å². The van der Waals surface area contributed by atoms with Crippen molar-refractivity contribution in [2.75, 3.05) is 6.61 Å². The van der Waals surface area contributed by atoms with E-state index in [1.165, 1.54) is 27.8 Å². The molecule has 2 N–H and O–H groups in total. The first-order valence-electron chi connectivity index (χ1n) is 15.9. The van der Waals surface area contributed by atoms with Crippen molar-refractivity contribution in [3.05, 3.63) is 82.5 Å². The molecule has 0 atom stereocenters. The summed E-state index contributed by atoms with van der Waals surface area (Å²) in [5.41, 5.74) is 13.6. The summed E-state index contributed by atoms with van der Waals surface area (Å²) >= 11 is 0. The minimum atomic E-state index is -0.197. The number of nitrogens with one attached hydrogen (secondary N) is 2. The molecule has 3 aliphatic rings. The van der Waals surface area contributed by atoms with Crippen molar-refractivity contribution >= 4 is 44.5 Å². The van der Waals surface area contributed by atoms with Gasteiger partial charge in [-0.2, -0.15) is 0 Å². The van der Waals surface area contributed by atoms with E-state index >= 15 is 0 Å². The number of nitrogens with zero attached hydrogens (tertiary/aromatic N) is 2. The van der Waals surface area contributed by atoms with E-state index in [2.05, 4.69) is 142 Å². The molecule has 230 valence electrons. The number of aromatic amines is 2. The van der Waals surface area contributed by atoms with Crippen LogP contribution in [0.15, 0.2) is 48.6 Å². The maximum absolute atomic E-state index is 6.19. The fourth-order valence-corrected chi connectivity index (χ4v) is 6.80. The Morgan fingerprint density at radius 3 is 1.89 bits per heavy atom. The van der Waals surface area contributed by atoms with Crippen molar-refractivity contribution < 1.29 is 4.74 Å². The van der Waals surface area contributed by atoms with Gasteiger partial charge >= 0.3 is 0 Å². The van der Waals surface area contributed by atoms with Crippen LogP contribution in [0.2, 0.25) is 0 Å². The van der Waals surface area contributed by atoms with Crippen LogP contribution in [0, 0.1) is 10.8 Å². The third-order valence-electron chi connectivity index (χ3n) is 8.57. The first-order chi connectivity index (χ1) is 20.3. The molecule has 0 amide bonds. The summed E-state index contributed by atoms with van der Waals surface area (Å²) < 4.78 is 6.19. The van der Waals surface area contributed by atoms with Crippen LogP contribution < -0.4 is 0 Å². The Morgan fingerprint density at radius 1 is 0.614 bits per heavy atom. The molecular weight excluding hydrogens is 540 g/mol. The number of H-pyrrole nitrogens is 2. The molecule has 44 heavy (non-hydrogen) atoms. The van der Waals surface area contributed by atoms with Crippen molar-refractivity contribution in [3.63, 3.8) is 0 Å². The first kappa shape index (κ1) is 30.2. The maximum atomic E-state index is 6.19. The van der Waals surface area contributed by atoms with Gasteiger partial charge in [0.25, 0.3) is 0 Å². The zero-order chi connectivity index (χ0) is 32.0. The minimum Gasteiger partial charge on any atom is -0.487 e. The second kappa shape index (κ2) is 9.82. The molecule has 3 aromatic rings. The lowest BCUT2D eigenvalue weighted by Gasteiger charge is -2.32. The van der Waals surface area contributed by atoms with Crippen LogP contribution in [0.3, 0.4) is 0 Å². The number of rotatable bonds is 0. The summed E-state index contributed by atoms with van der Waals surface area (Å²) in [6, 6.07) is 13.0. The summed E-state index contributed by atoms with van der Waals surface area (Å²) in [6.07, 6.45) is 4.21. The zero-order valence-electron chi connectivity index (χ0n) is 28.6. The average molecular weight is 589 g/mol. The maximum Gasteiger partial charge on any atom is 0.154 e. The van der Waals surface area contributed by atoms with Crippen LogP contribution in [0.1, 0.15) is 117 Å². The topological polar surface area (TPSA) is 66.6 Å². The van der Waals surface area contributed by atoms with E-state index in [9.17, 15) is 0 Å². The smallest absolute Gasteiger partial charge is 0.154 e. The quantitative estimate of drug-likeness (QED) is 0.274. The SMILES string of the molecule is CC(C)(C)C1=C(C(C)(C)C)c2nc1cc1nc(cc3ccc(cc4cc(C(C)(C)C)c([nH]4)c2C(C)(C)C)[nH]3)C2=C1C=CCO2. The molecule has 0 radical (unpaired) electrons. The minimum absolute atomic E-state index is 0.0803. The Bertz CT molecular complexity index is 1930. The zero-order valence-corrected chi connectivity index (χ0v) is 28.6. The Balaban J connectivity index is 1.91. The number of aromatic nitrogens is 4. The Kier molecular flexibility index (Phi) is 6.74. The number of ether oxygens (including phenoxy) is 1. The second-order valence-electron chi connectivity index (χ2n) is 16.6. The van der Waals surface area contributed by atoms with Gasteiger partial charge in [0.2, 0.25) is 0 Å². The number of allylic oxidation sites excluding steroid dienone is 4. The summed E-state index contributed by atoms with van der Waals surface area (Å²) in [7, 11) is 0. The van der Waals surface area contributed by atoms with E-state index in [0.717, 1.165) is 50.7 Å². The van der Waals surface area contributed by atoms with E-state index < -0.39 is 0 Å². The lowest BCUT2D eigenvalue weighted by molar-refractivity contribution is 0.318. The van der Waals surface area contributed by atoms with Gasteiger partial charge < -0.3 is 14.7 Å². The van der Waals surface area contributed by atoms with Crippen molar-refractivity contribution in [2.24, 2.45) is 10.8 Å². The predicted octanol–water partition coefficient (Wildman–Crippen LogP) is 10.4. The van der Waals surface area contributed by atoms with Gasteiger partial charge in [0, 0.05) is 33.2 Å². The standard InChI is InChI=1S/C39H48N4O/c1-36(2,3)26-19-24-18-22-15-16-23(40-22)20-29-35-25(14-13-17-44-35)27(42-29)21-28-30(37(4,5)6)31(38(7,8)9)34(43-28)32(33(26)41-24)39(10,11)12/h13-16,18-21,40-41H,17H2,1-12H3. The average Bonchev–Trinajstić information content (AvgIpc) is 3.64. The number of hydrogen-bond donors (Lipinski definition) is 2. The van der Waals surface area contributed by atoms with E-state index in [4.69, 9.17) is 14.7 Å². The fourth-order valence-electron chi connectivity index (χ4n) is 6.80. The Morgan fingerprint density at radius 2 is 1.27 bits per heavy atom. The lowest BCUT2D eigenvalue weighted by atomic mass is 9.71. The molecule has 8 bridgehead atoms. The van der Waals surface area contributed by atoms with Crippen molar-refractivity contribution in [1.29, 1.82) is 0 Å². The van der Waals surface area contributed by atoms with Gasteiger partial charge in [-0.3, -0.25) is 0 Å². The van der Waals surface area contributed by atoms with Crippen LogP contribution in [0.4, 0.5) is 0 Å². The molecule has 0 spiro atoms. The summed E-state index contributed by atoms with van der Waals surface area (Å²) in [5, 5.41) is 0. The number of fused-ring (bicyclic) bond motifs is 10. The molecule has 0 aromatic carbocycles. The van der Waals surface area contributed by atoms with Gasteiger partial charge in [-0.25, -0.2) is 9.97 Å². The fraction of sp³-hybridized carbons (Fsp3) is 0.436. The van der Waals surface area contributed by atoms with Crippen molar-refractivity contribution in [2.45, 2.75) is 93.9 Å². The highest BCUT2D eigenvalue weighted by molar-refractivity contribution is 6.00. The van der Waals surface area contributed by atoms with Gasteiger partial charge in [-0.05, 0) is 86.9 Å². The van der Waals surface area contributed by atoms with Gasteiger partial charge in [-0.15, -0.1) is 0 Å². The highest BCUT2D eigenvalue weighted by atomic mass is 16.5. The highest BCUT2D eigenvalue weighted by Crippen LogP contribution is 2.52. The molecule has 0 saturated heterocycles. The van der Waals surface area contributed by atoms with Gasteiger partial charge in [-0.1, -0.05) is 83.1 Å². The molecular formula is C39H48N4O. The molecule has 0 aliphatic carbocycles. The second-order valence-corrected chi connectivity index (χ2v) is 16.6. The van der Waals surface area contributed by atoms with Crippen LogP contribution in [-0.4, -0.2) is 26.5 Å². The highest BCUT2D eigenvalue weighted by Gasteiger charge is 2.39. The van der Waals surface area contributed by atoms with Crippen LogP contribution >= 0.6 is 0 Å². The van der Waals surface area contributed by atoms with Gasteiger partial charge in [0.15, 0.2) is 5.76 Å². The van der Waals surface area contributed by atoms with Gasteiger partial charge in [0.1, 0.15) is 12.3 Å². The Hall–Kier alpha value is -3.86. The van der Waals surface area contributed by atoms with E-state index in [1.54, 1.807) is 0 Å². The molecule has 0 fully saturated rings. The lowest BCUT2D eigenvalue weighted by Crippen LogP contribution is -2.21. The monoisotopic (exact) mass is 588 g/mol. The number of hydrogen-bond acceptors (Lipinski definition) is 3. The predicted molar refractivity (Wildman–Crippen MR) is 186 cm³/mol. The Labute approximate surface area is 262 Å². The van der Waals surface area contributed by atoms with Crippen LogP contribution in [0.5, 0.6) is 0 Å². The van der Waals surface area contributed by atoms with Crippen LogP contribution in [0.25, 0.3) is 44.5 Å². The van der Waals surface area contributed by atoms with Crippen molar-refractivity contribution in [1.82, 2.24) is 19.9 Å². The third kappa shape index (κ3) is 5.25.